The Bertz CT molecular complexity index is 437. The molecule has 0 radical (unpaired) electrons. The number of hydrogen-bond donors (Lipinski definition) is 0. The molecule has 0 heterocycles. The molecule has 0 bridgehead atoms. The van der Waals surface area contributed by atoms with Crippen LogP contribution in [0.3, 0.4) is 0 Å². The minimum Gasteiger partial charge on any atom is -0.466 e. The number of benzene rings is 1. The van der Waals surface area contributed by atoms with E-state index in [4.69, 9.17) is 4.74 Å². The predicted molar refractivity (Wildman–Crippen MR) is 72.3 cm³/mol. The maximum atomic E-state index is 11.4. The molecule has 0 aromatic heterocycles. The van der Waals surface area contributed by atoms with E-state index in [1.807, 2.05) is 36.4 Å². The summed E-state index contributed by atoms with van der Waals surface area (Å²) in [7, 11) is 0. The SMILES string of the molecule is CCOC(=O)CC(=O)OC(C)/C=C/c1ccccc1. The lowest BCUT2D eigenvalue weighted by Gasteiger charge is -2.08. The third kappa shape index (κ3) is 6.41. The molecule has 1 atom stereocenters. The predicted octanol–water partition coefficient (Wildman–Crippen LogP) is 2.58. The molecule has 1 unspecified atom stereocenters. The van der Waals surface area contributed by atoms with Crippen molar-refractivity contribution in [1.82, 2.24) is 0 Å². The van der Waals surface area contributed by atoms with E-state index in [2.05, 4.69) is 4.74 Å². The normalized spacial score (nSPS) is 12.1. The molecule has 4 heteroatoms. The van der Waals surface area contributed by atoms with E-state index < -0.39 is 11.9 Å². The lowest BCUT2D eigenvalue weighted by atomic mass is 10.2. The highest BCUT2D eigenvalue weighted by atomic mass is 16.6. The van der Waals surface area contributed by atoms with E-state index in [0.29, 0.717) is 0 Å². The smallest absolute Gasteiger partial charge is 0.317 e. The Morgan fingerprint density at radius 3 is 2.53 bits per heavy atom. The molecule has 0 N–H and O–H groups in total. The molecule has 1 aromatic carbocycles. The van der Waals surface area contributed by atoms with Crippen LogP contribution >= 0.6 is 0 Å². The van der Waals surface area contributed by atoms with Gasteiger partial charge in [0.25, 0.3) is 0 Å². The molecule has 0 fully saturated rings. The van der Waals surface area contributed by atoms with Crippen LogP contribution in [0, 0.1) is 0 Å². The van der Waals surface area contributed by atoms with Crippen molar-refractivity contribution in [2.45, 2.75) is 26.4 Å². The van der Waals surface area contributed by atoms with E-state index in [-0.39, 0.29) is 19.1 Å². The lowest BCUT2D eigenvalue weighted by molar-refractivity contribution is -0.155. The van der Waals surface area contributed by atoms with Crippen molar-refractivity contribution in [3.63, 3.8) is 0 Å². The van der Waals surface area contributed by atoms with Crippen molar-refractivity contribution in [2.24, 2.45) is 0 Å². The van der Waals surface area contributed by atoms with Crippen LogP contribution in [0.1, 0.15) is 25.8 Å². The average Bonchev–Trinajstić information content (AvgIpc) is 2.37. The van der Waals surface area contributed by atoms with E-state index >= 15 is 0 Å². The molecule has 0 amide bonds. The first-order chi connectivity index (χ1) is 9.11. The van der Waals surface area contributed by atoms with Crippen LogP contribution in [0.2, 0.25) is 0 Å². The van der Waals surface area contributed by atoms with Gasteiger partial charge in [0.1, 0.15) is 12.5 Å². The molecule has 19 heavy (non-hydrogen) atoms. The molecular weight excluding hydrogens is 244 g/mol. The zero-order valence-corrected chi connectivity index (χ0v) is 11.2. The minimum atomic E-state index is -0.580. The van der Waals surface area contributed by atoms with Gasteiger partial charge in [-0.2, -0.15) is 0 Å². The van der Waals surface area contributed by atoms with Gasteiger partial charge in [0.05, 0.1) is 6.61 Å². The van der Waals surface area contributed by atoms with Crippen LogP contribution in [0.25, 0.3) is 6.08 Å². The summed E-state index contributed by atoms with van der Waals surface area (Å²) in [6.45, 7) is 3.69. The molecule has 0 aliphatic rings. The Morgan fingerprint density at radius 1 is 1.21 bits per heavy atom. The van der Waals surface area contributed by atoms with Crippen LogP contribution in [-0.4, -0.2) is 24.6 Å². The highest BCUT2D eigenvalue weighted by molar-refractivity contribution is 5.91. The summed E-state index contributed by atoms with van der Waals surface area (Å²) in [6.07, 6.45) is 2.89. The monoisotopic (exact) mass is 262 g/mol. The third-order valence-corrected chi connectivity index (χ3v) is 2.27. The maximum Gasteiger partial charge on any atom is 0.317 e. The summed E-state index contributed by atoms with van der Waals surface area (Å²) in [5.74, 6) is -1.14. The largest absolute Gasteiger partial charge is 0.466 e. The molecule has 4 nitrogen and oxygen atoms in total. The van der Waals surface area contributed by atoms with Gasteiger partial charge in [-0.3, -0.25) is 9.59 Å². The molecule has 0 spiro atoms. The summed E-state index contributed by atoms with van der Waals surface area (Å²) >= 11 is 0. The summed E-state index contributed by atoms with van der Waals surface area (Å²) in [4.78, 5) is 22.5. The van der Waals surface area contributed by atoms with E-state index in [1.165, 1.54) is 0 Å². The zero-order chi connectivity index (χ0) is 14.1. The maximum absolute atomic E-state index is 11.4. The van der Waals surface area contributed by atoms with Gasteiger partial charge in [0.15, 0.2) is 0 Å². The fraction of sp³-hybridized carbons (Fsp3) is 0.333. The van der Waals surface area contributed by atoms with E-state index in [0.717, 1.165) is 5.56 Å². The second-order valence-corrected chi connectivity index (χ2v) is 3.95. The Morgan fingerprint density at radius 2 is 1.89 bits per heavy atom. The van der Waals surface area contributed by atoms with Gasteiger partial charge in [-0.05, 0) is 25.5 Å². The summed E-state index contributed by atoms with van der Waals surface area (Å²) in [6, 6.07) is 9.68. The van der Waals surface area contributed by atoms with Crippen molar-refractivity contribution in [3.05, 3.63) is 42.0 Å². The van der Waals surface area contributed by atoms with Crippen LogP contribution in [0.5, 0.6) is 0 Å². The van der Waals surface area contributed by atoms with Gasteiger partial charge >= 0.3 is 11.9 Å². The first-order valence-corrected chi connectivity index (χ1v) is 6.20. The molecule has 0 aliphatic carbocycles. The first-order valence-electron chi connectivity index (χ1n) is 6.20. The van der Waals surface area contributed by atoms with Gasteiger partial charge in [0, 0.05) is 0 Å². The number of rotatable bonds is 6. The highest BCUT2D eigenvalue weighted by Gasteiger charge is 2.13. The first kappa shape index (κ1) is 15.0. The molecule has 0 saturated carbocycles. The van der Waals surface area contributed by atoms with Crippen LogP contribution in [0.15, 0.2) is 36.4 Å². The molecule has 0 saturated heterocycles. The molecule has 1 rings (SSSR count). The van der Waals surface area contributed by atoms with Gasteiger partial charge in [-0.15, -0.1) is 0 Å². The van der Waals surface area contributed by atoms with Gasteiger partial charge in [-0.1, -0.05) is 36.4 Å². The number of carbonyl (C=O) groups is 2. The second-order valence-electron chi connectivity index (χ2n) is 3.95. The molecular formula is C15H18O4. The quantitative estimate of drug-likeness (QED) is 0.584. The average molecular weight is 262 g/mol. The van der Waals surface area contributed by atoms with Crippen molar-refractivity contribution in [1.29, 1.82) is 0 Å². The Hall–Kier alpha value is -2.10. The Labute approximate surface area is 113 Å². The highest BCUT2D eigenvalue weighted by Crippen LogP contribution is 2.04. The Balaban J connectivity index is 2.38. The van der Waals surface area contributed by atoms with Crippen LogP contribution in [0.4, 0.5) is 0 Å². The number of carbonyl (C=O) groups excluding carboxylic acids is 2. The lowest BCUT2D eigenvalue weighted by Crippen LogP contribution is -2.17. The van der Waals surface area contributed by atoms with Crippen LogP contribution < -0.4 is 0 Å². The fourth-order valence-electron chi connectivity index (χ4n) is 1.43. The van der Waals surface area contributed by atoms with Crippen molar-refractivity contribution >= 4 is 18.0 Å². The number of esters is 2. The van der Waals surface area contributed by atoms with E-state index in [9.17, 15) is 9.59 Å². The van der Waals surface area contributed by atoms with Crippen LogP contribution in [-0.2, 0) is 19.1 Å². The van der Waals surface area contributed by atoms with Crippen molar-refractivity contribution < 1.29 is 19.1 Å². The standard InChI is InChI=1S/C15H18O4/c1-3-18-14(16)11-15(17)19-12(2)9-10-13-7-5-4-6-8-13/h4-10,12H,3,11H2,1-2H3/b10-9+. The Kier molecular flexibility index (Phi) is 6.36. The van der Waals surface area contributed by atoms with Crippen molar-refractivity contribution in [3.8, 4) is 0 Å². The summed E-state index contributed by atoms with van der Waals surface area (Å²) in [5.41, 5.74) is 1.02. The molecule has 1 aromatic rings. The number of ether oxygens (including phenoxy) is 2. The van der Waals surface area contributed by atoms with Gasteiger partial charge < -0.3 is 9.47 Å². The van der Waals surface area contributed by atoms with Gasteiger partial charge in [-0.25, -0.2) is 0 Å². The topological polar surface area (TPSA) is 52.6 Å². The summed E-state index contributed by atoms with van der Waals surface area (Å²) < 4.78 is 9.73. The minimum absolute atomic E-state index is 0.260. The fourth-order valence-corrected chi connectivity index (χ4v) is 1.43. The number of hydrogen-bond acceptors (Lipinski definition) is 4. The zero-order valence-electron chi connectivity index (χ0n) is 11.2. The summed E-state index contributed by atoms with van der Waals surface area (Å²) in [5, 5.41) is 0. The second kappa shape index (κ2) is 8.08. The van der Waals surface area contributed by atoms with Crippen molar-refractivity contribution in [2.75, 3.05) is 6.61 Å². The molecule has 102 valence electrons. The van der Waals surface area contributed by atoms with Gasteiger partial charge in [0.2, 0.25) is 0 Å². The molecule has 0 aliphatic heterocycles. The van der Waals surface area contributed by atoms with E-state index in [1.54, 1.807) is 19.9 Å². The third-order valence-electron chi connectivity index (χ3n) is 2.27.